The van der Waals surface area contributed by atoms with Crippen molar-refractivity contribution in [3.8, 4) is 39.6 Å². The second-order valence-corrected chi connectivity index (χ2v) is 25.4. The number of nitrogens with zero attached hydrogens (tertiary/aromatic N) is 4. The highest BCUT2D eigenvalue weighted by Crippen LogP contribution is 2.51. The number of para-hydroxylation sites is 3. The lowest BCUT2D eigenvalue weighted by Crippen LogP contribution is -2.49. The summed E-state index contributed by atoms with van der Waals surface area (Å²) in [5.74, 6) is 2.48. The minimum absolute atomic E-state index is 0.00929. The van der Waals surface area contributed by atoms with E-state index in [0.29, 0.717) is 6.67 Å². The number of benzene rings is 8. The van der Waals surface area contributed by atoms with Crippen LogP contribution in [0.25, 0.3) is 49.9 Å². The zero-order chi connectivity index (χ0) is 53.1. The van der Waals surface area contributed by atoms with Gasteiger partial charge in [0.2, 0.25) is 6.71 Å². The third-order valence-electron chi connectivity index (χ3n) is 16.0. The second kappa shape index (κ2) is 17.9. The molecule has 0 amide bonds. The summed E-state index contributed by atoms with van der Waals surface area (Å²) in [5, 5.41) is 2.56. The van der Waals surface area contributed by atoms with Crippen molar-refractivity contribution in [2.45, 2.75) is 105 Å². The van der Waals surface area contributed by atoms with E-state index in [4.69, 9.17) is 9.72 Å². The van der Waals surface area contributed by atoms with Crippen molar-refractivity contribution >= 4 is 67.7 Å². The molecule has 0 atom stereocenters. The van der Waals surface area contributed by atoms with Gasteiger partial charge in [-0.3, -0.25) is 4.57 Å². The van der Waals surface area contributed by atoms with Crippen LogP contribution < -0.4 is 30.9 Å². The van der Waals surface area contributed by atoms with Gasteiger partial charge in [0.15, 0.2) is 0 Å². The third kappa shape index (κ3) is 8.56. The zero-order valence-electron chi connectivity index (χ0n) is 46.4. The van der Waals surface area contributed by atoms with Crippen molar-refractivity contribution in [1.29, 1.82) is 0 Å². The summed E-state index contributed by atoms with van der Waals surface area (Å²) < 4.78 is 9.51. The molecule has 0 saturated carbocycles. The summed E-state index contributed by atoms with van der Waals surface area (Å²) in [7, 11) is 0. The lowest BCUT2D eigenvalue weighted by Gasteiger charge is -2.30. The van der Waals surface area contributed by atoms with Gasteiger partial charge in [-0.15, -0.1) is 0 Å². The van der Waals surface area contributed by atoms with Crippen molar-refractivity contribution in [2.24, 2.45) is 0 Å². The molecule has 0 aliphatic carbocycles. The van der Waals surface area contributed by atoms with Crippen molar-refractivity contribution in [2.75, 3.05) is 16.5 Å². The molecule has 2 aliphatic heterocycles. The average Bonchev–Trinajstić information content (AvgIpc) is 4.14. The van der Waals surface area contributed by atoms with E-state index in [-0.39, 0.29) is 28.4 Å². The molecule has 12 rings (SSSR count). The molecule has 378 valence electrons. The van der Waals surface area contributed by atoms with Gasteiger partial charge >= 0.3 is 0 Å². The van der Waals surface area contributed by atoms with E-state index in [1.54, 1.807) is 0 Å². The standard InChI is InChI=1S/C70H69BN4O/c1-67(2,3)47-23-18-22-45(36-47)55-28-20-29-56(46-37-49(69(7,8)9)39-50(38-46)70(10,11)12)66(55)74-44-73(59-31-16-17-32-60(59)74)52-26-19-27-53(41-52)76-54-42-58-65-62(43-54)75(63-40-48(34-35-72-63)68(4,5)6)61-33-21-30-57(64(61)65)71(58)51-24-14-13-15-25-51/h13-43H,44H2,1-12H3. The van der Waals surface area contributed by atoms with Crippen LogP contribution in [0.15, 0.2) is 188 Å². The van der Waals surface area contributed by atoms with E-state index in [9.17, 15) is 0 Å². The zero-order valence-corrected chi connectivity index (χ0v) is 46.4. The molecule has 0 bridgehead atoms. The summed E-state index contributed by atoms with van der Waals surface area (Å²) in [6, 6.07) is 67.5. The molecule has 76 heavy (non-hydrogen) atoms. The topological polar surface area (TPSA) is 33.5 Å². The quantitative estimate of drug-likeness (QED) is 0.142. The molecule has 0 radical (unpaired) electrons. The molecule has 0 spiro atoms. The molecule has 6 heteroatoms. The Labute approximate surface area is 450 Å². The molecule has 2 aliphatic rings. The van der Waals surface area contributed by atoms with Crippen LogP contribution in [0, 0.1) is 0 Å². The fraction of sp³-hybridized carbons (Fsp3) is 0.243. The van der Waals surface area contributed by atoms with Gasteiger partial charge in [0.05, 0.1) is 28.1 Å². The molecule has 4 heterocycles. The largest absolute Gasteiger partial charge is 0.457 e. The first-order valence-electron chi connectivity index (χ1n) is 27.2. The van der Waals surface area contributed by atoms with Crippen molar-refractivity contribution in [3.63, 3.8) is 0 Å². The van der Waals surface area contributed by atoms with Crippen LogP contribution in [0.1, 0.15) is 105 Å². The van der Waals surface area contributed by atoms with E-state index in [1.165, 1.54) is 77.4 Å². The van der Waals surface area contributed by atoms with Crippen LogP contribution in [-0.2, 0) is 21.7 Å². The number of hydrogen-bond donors (Lipinski definition) is 0. The fourth-order valence-electron chi connectivity index (χ4n) is 11.7. The Hall–Kier alpha value is -7.83. The van der Waals surface area contributed by atoms with Gasteiger partial charge in [0, 0.05) is 45.9 Å². The first-order valence-corrected chi connectivity index (χ1v) is 27.2. The molecule has 5 nitrogen and oxygen atoms in total. The van der Waals surface area contributed by atoms with Gasteiger partial charge in [0.25, 0.3) is 0 Å². The van der Waals surface area contributed by atoms with E-state index in [2.05, 4.69) is 279 Å². The Balaban J connectivity index is 0.985. The molecule has 10 aromatic rings. The number of hydrogen-bond acceptors (Lipinski definition) is 4. The average molecular weight is 993 g/mol. The highest BCUT2D eigenvalue weighted by molar-refractivity contribution is 7.01. The normalized spacial score (nSPS) is 13.7. The maximum atomic E-state index is 7.16. The lowest BCUT2D eigenvalue weighted by atomic mass is 9.38. The molecule has 0 fully saturated rings. The fourth-order valence-corrected chi connectivity index (χ4v) is 11.7. The third-order valence-corrected chi connectivity index (χ3v) is 16.0. The SMILES string of the molecule is CC(C)(C)c1cccc(-c2cccc(-c3cc(C(C)(C)C)cc(C(C)(C)C)c3)c2N2CN(c3cccc(Oc4cc5c6c7c(cccc7n(-c7cc(C(C)(C)C)ccn7)c6c4)B5c4ccccc4)c3)c3ccccc32)c1. The van der Waals surface area contributed by atoms with Gasteiger partial charge in [0.1, 0.15) is 24.0 Å². The first kappa shape index (κ1) is 49.1. The van der Waals surface area contributed by atoms with Gasteiger partial charge in [-0.25, -0.2) is 4.98 Å². The second-order valence-electron chi connectivity index (χ2n) is 25.4. The minimum atomic E-state index is -0.0387. The smallest absolute Gasteiger partial charge is 0.243 e. The summed E-state index contributed by atoms with van der Waals surface area (Å²) in [4.78, 5) is 10.0. The van der Waals surface area contributed by atoms with E-state index >= 15 is 0 Å². The molecule has 0 saturated heterocycles. The molecule has 0 unspecified atom stereocenters. The van der Waals surface area contributed by atoms with Crippen molar-refractivity contribution < 1.29 is 4.74 Å². The minimum Gasteiger partial charge on any atom is -0.457 e. The number of anilines is 4. The Kier molecular flexibility index (Phi) is 11.6. The van der Waals surface area contributed by atoms with Crippen molar-refractivity contribution in [3.05, 3.63) is 210 Å². The Bertz CT molecular complexity index is 3860. The van der Waals surface area contributed by atoms with Crippen LogP contribution in [0.2, 0.25) is 0 Å². The van der Waals surface area contributed by atoms with E-state index in [0.717, 1.165) is 45.4 Å². The molecule has 8 aromatic carbocycles. The van der Waals surface area contributed by atoms with Crippen LogP contribution >= 0.6 is 0 Å². The molecular weight excluding hydrogens is 924 g/mol. The Morgan fingerprint density at radius 3 is 1.72 bits per heavy atom. The van der Waals surface area contributed by atoms with Crippen LogP contribution in [0.5, 0.6) is 11.5 Å². The number of rotatable bonds is 8. The monoisotopic (exact) mass is 993 g/mol. The number of fused-ring (bicyclic) bond motifs is 1. The van der Waals surface area contributed by atoms with Gasteiger partial charge in [-0.1, -0.05) is 221 Å². The molecule has 2 aromatic heterocycles. The lowest BCUT2D eigenvalue weighted by molar-refractivity contribution is 0.484. The first-order chi connectivity index (χ1) is 36.2. The van der Waals surface area contributed by atoms with Gasteiger partial charge < -0.3 is 14.5 Å². The highest BCUT2D eigenvalue weighted by Gasteiger charge is 2.37. The van der Waals surface area contributed by atoms with E-state index < -0.39 is 0 Å². The van der Waals surface area contributed by atoms with Crippen LogP contribution in [0.4, 0.5) is 22.7 Å². The Morgan fingerprint density at radius 1 is 0.434 bits per heavy atom. The maximum Gasteiger partial charge on any atom is 0.243 e. The maximum absolute atomic E-state index is 7.16. The predicted molar refractivity (Wildman–Crippen MR) is 324 cm³/mol. The highest BCUT2D eigenvalue weighted by atomic mass is 16.5. The van der Waals surface area contributed by atoms with Gasteiger partial charge in [-0.2, -0.15) is 0 Å². The number of pyridine rings is 1. The summed E-state index contributed by atoms with van der Waals surface area (Å²) >= 11 is 0. The Morgan fingerprint density at radius 2 is 1.03 bits per heavy atom. The molecule has 0 N–H and O–H groups in total. The summed E-state index contributed by atoms with van der Waals surface area (Å²) in [6.07, 6.45) is 1.96. The number of aromatic nitrogens is 2. The molecular formula is C70H69BN4O. The van der Waals surface area contributed by atoms with Crippen LogP contribution in [0.3, 0.4) is 0 Å². The van der Waals surface area contributed by atoms with Crippen LogP contribution in [-0.4, -0.2) is 22.9 Å². The summed E-state index contributed by atoms with van der Waals surface area (Å²) in [5.41, 5.74) is 20.6. The number of ether oxygens (including phenoxy) is 1. The summed E-state index contributed by atoms with van der Waals surface area (Å²) in [6.45, 7) is 28.3. The predicted octanol–water partition coefficient (Wildman–Crippen LogP) is 16.6. The van der Waals surface area contributed by atoms with Gasteiger partial charge in [-0.05, 0) is 104 Å². The van der Waals surface area contributed by atoms with Crippen molar-refractivity contribution in [1.82, 2.24) is 9.55 Å². The van der Waals surface area contributed by atoms with E-state index in [1.807, 2.05) is 6.20 Å².